The number of rotatable bonds is 2. The number of allylic oxidation sites excluding steroid dienone is 1. The molecule has 5 N–H and O–H groups in total. The quantitative estimate of drug-likeness (QED) is 0.315. The van der Waals surface area contributed by atoms with E-state index in [0.717, 1.165) is 14.0 Å². The summed E-state index contributed by atoms with van der Waals surface area (Å²) in [5.41, 5.74) is -4.27. The SMILES string of the molecule is COC(=O)c1ccc2c(c1O)C(O)=C1C(=O)C3(O)C(O)=C(C(C)=O)C(=O)CC3[C@@H](O)C1[C@H]2C. The van der Waals surface area contributed by atoms with Crippen molar-refractivity contribution in [3.05, 3.63) is 45.7 Å². The molecule has 1 saturated carbocycles. The van der Waals surface area contributed by atoms with Crippen LogP contribution in [0.1, 0.15) is 47.7 Å². The maximum absolute atomic E-state index is 13.5. The fourth-order valence-corrected chi connectivity index (χ4v) is 5.38. The summed E-state index contributed by atoms with van der Waals surface area (Å²) in [4.78, 5) is 49.9. The number of hydrogen-bond acceptors (Lipinski definition) is 10. The number of esters is 1. The van der Waals surface area contributed by atoms with Gasteiger partial charge in [0.25, 0.3) is 0 Å². The van der Waals surface area contributed by atoms with E-state index >= 15 is 0 Å². The number of methoxy groups -OCH3 is 1. The lowest BCUT2D eigenvalue weighted by Crippen LogP contribution is -2.63. The van der Waals surface area contributed by atoms with Gasteiger partial charge in [-0.3, -0.25) is 14.4 Å². The molecule has 0 saturated heterocycles. The van der Waals surface area contributed by atoms with Crippen LogP contribution in [0.15, 0.2) is 29.0 Å². The first-order valence-electron chi connectivity index (χ1n) is 10.2. The van der Waals surface area contributed by atoms with Crippen LogP contribution in [0.5, 0.6) is 5.75 Å². The van der Waals surface area contributed by atoms with E-state index in [1.54, 1.807) is 6.92 Å². The first-order chi connectivity index (χ1) is 15.4. The van der Waals surface area contributed by atoms with Gasteiger partial charge in [-0.25, -0.2) is 4.79 Å². The molecule has 3 unspecified atom stereocenters. The average molecular weight is 458 g/mol. The first kappa shape index (κ1) is 22.7. The van der Waals surface area contributed by atoms with Crippen molar-refractivity contribution in [3.63, 3.8) is 0 Å². The van der Waals surface area contributed by atoms with E-state index in [-0.39, 0.29) is 11.1 Å². The molecule has 1 fully saturated rings. The normalized spacial score (nSPS) is 31.1. The summed E-state index contributed by atoms with van der Waals surface area (Å²) in [6, 6.07) is 2.72. The molecule has 10 heteroatoms. The second-order valence-corrected chi connectivity index (χ2v) is 8.59. The number of aliphatic hydroxyl groups excluding tert-OH is 3. The molecule has 0 aliphatic heterocycles. The molecule has 0 aromatic heterocycles. The van der Waals surface area contributed by atoms with Crippen LogP contribution in [0.4, 0.5) is 0 Å². The van der Waals surface area contributed by atoms with E-state index in [1.165, 1.54) is 12.1 Å². The third-order valence-corrected chi connectivity index (χ3v) is 7.01. The second-order valence-electron chi connectivity index (χ2n) is 8.59. The van der Waals surface area contributed by atoms with Gasteiger partial charge in [-0.05, 0) is 24.5 Å². The standard InChI is InChI=1S/C23H22O10/c1-7-9-4-5-10(22(31)33-3)17(26)15(9)19(28)16-13(7)18(27)11-6-12(25)14(8(2)24)20(29)23(11,32)21(16)30/h4-5,7,11,13,18,26-29,32H,6H2,1-3H3/t7-,11?,13?,18+,23?/m0/s1. The molecule has 1 aromatic carbocycles. The molecule has 1 aromatic rings. The number of ketones is 3. The minimum atomic E-state index is -2.83. The van der Waals surface area contributed by atoms with Crippen LogP contribution in [0.25, 0.3) is 5.76 Å². The maximum Gasteiger partial charge on any atom is 0.341 e. The molecule has 33 heavy (non-hydrogen) atoms. The highest BCUT2D eigenvalue weighted by atomic mass is 16.5. The molecule has 0 heterocycles. The van der Waals surface area contributed by atoms with E-state index < -0.39 is 87.6 Å². The highest BCUT2D eigenvalue weighted by molar-refractivity contribution is 6.23. The highest BCUT2D eigenvalue weighted by Crippen LogP contribution is 2.55. The van der Waals surface area contributed by atoms with Crippen LogP contribution in [0.2, 0.25) is 0 Å². The Labute approximate surface area is 187 Å². The third kappa shape index (κ3) is 2.74. The van der Waals surface area contributed by atoms with Gasteiger partial charge in [0, 0.05) is 23.8 Å². The van der Waals surface area contributed by atoms with E-state index in [4.69, 9.17) is 0 Å². The fraction of sp³-hybridized carbons (Fsp3) is 0.391. The van der Waals surface area contributed by atoms with Crippen molar-refractivity contribution in [2.75, 3.05) is 7.11 Å². The van der Waals surface area contributed by atoms with Gasteiger partial charge in [0.2, 0.25) is 5.78 Å². The number of ether oxygens (including phenoxy) is 1. The van der Waals surface area contributed by atoms with Crippen LogP contribution >= 0.6 is 0 Å². The van der Waals surface area contributed by atoms with E-state index in [2.05, 4.69) is 4.74 Å². The molecule has 174 valence electrons. The Morgan fingerprint density at radius 2 is 1.79 bits per heavy atom. The lowest BCUT2D eigenvalue weighted by Gasteiger charge is -2.50. The maximum atomic E-state index is 13.5. The number of aliphatic hydroxyl groups is 4. The number of benzene rings is 1. The van der Waals surface area contributed by atoms with Crippen LogP contribution in [-0.2, 0) is 19.1 Å². The number of phenols is 1. The summed E-state index contributed by atoms with van der Waals surface area (Å²) < 4.78 is 4.61. The van der Waals surface area contributed by atoms with Crippen molar-refractivity contribution < 1.29 is 49.4 Å². The Morgan fingerprint density at radius 1 is 1.15 bits per heavy atom. The van der Waals surface area contributed by atoms with Gasteiger partial charge in [-0.15, -0.1) is 0 Å². The van der Waals surface area contributed by atoms with Crippen LogP contribution in [0.3, 0.4) is 0 Å². The molecule has 3 aliphatic rings. The zero-order valence-electron chi connectivity index (χ0n) is 17.9. The number of carbonyl (C=O) groups excluding carboxylic acids is 4. The third-order valence-electron chi connectivity index (χ3n) is 7.01. The summed E-state index contributed by atoms with van der Waals surface area (Å²) in [5.74, 6) is -9.68. The minimum absolute atomic E-state index is 0.249. The molecular weight excluding hydrogens is 436 g/mol. The van der Waals surface area contributed by atoms with E-state index in [0.29, 0.717) is 5.56 Å². The zero-order chi connectivity index (χ0) is 24.6. The summed E-state index contributed by atoms with van der Waals surface area (Å²) in [6.45, 7) is 2.59. The number of aromatic hydroxyl groups is 1. The first-order valence-corrected chi connectivity index (χ1v) is 10.2. The molecular formula is C23H22O10. The zero-order valence-corrected chi connectivity index (χ0v) is 17.9. The van der Waals surface area contributed by atoms with Gasteiger partial charge in [0.1, 0.15) is 28.4 Å². The summed E-state index contributed by atoms with van der Waals surface area (Å²) >= 11 is 0. The summed E-state index contributed by atoms with van der Waals surface area (Å²) in [5, 5.41) is 54.8. The predicted molar refractivity (Wildman–Crippen MR) is 110 cm³/mol. The number of hydrogen-bond donors (Lipinski definition) is 5. The minimum Gasteiger partial charge on any atom is -0.508 e. The smallest absolute Gasteiger partial charge is 0.341 e. The topological polar surface area (TPSA) is 179 Å². The molecule has 5 atom stereocenters. The largest absolute Gasteiger partial charge is 0.508 e. The Morgan fingerprint density at radius 3 is 2.36 bits per heavy atom. The van der Waals surface area contributed by atoms with Gasteiger partial charge in [0.15, 0.2) is 17.2 Å². The molecule has 4 rings (SSSR count). The lowest BCUT2D eigenvalue weighted by atomic mass is 9.55. The van der Waals surface area contributed by atoms with Crippen LogP contribution < -0.4 is 0 Å². The Hall–Kier alpha value is -3.50. The molecule has 0 radical (unpaired) electrons. The number of carbonyl (C=O) groups is 4. The molecule has 10 nitrogen and oxygen atoms in total. The Bertz CT molecular complexity index is 1210. The second kappa shape index (κ2) is 7.26. The fourth-order valence-electron chi connectivity index (χ4n) is 5.38. The van der Waals surface area contributed by atoms with E-state index in [1.807, 2.05) is 0 Å². The van der Waals surface area contributed by atoms with Crippen LogP contribution in [-0.4, -0.2) is 67.7 Å². The van der Waals surface area contributed by atoms with E-state index in [9.17, 15) is 44.7 Å². The van der Waals surface area contributed by atoms with Gasteiger partial charge in [0.05, 0.1) is 18.8 Å². The Balaban J connectivity index is 2.01. The average Bonchev–Trinajstić information content (AvgIpc) is 2.75. The van der Waals surface area contributed by atoms with Gasteiger partial charge < -0.3 is 30.3 Å². The summed E-state index contributed by atoms with van der Waals surface area (Å²) in [6.07, 6.45) is -2.14. The van der Waals surface area contributed by atoms with Crippen LogP contribution in [0, 0.1) is 11.8 Å². The number of fused-ring (bicyclic) bond motifs is 3. The predicted octanol–water partition coefficient (Wildman–Crippen LogP) is 0.846. The lowest BCUT2D eigenvalue weighted by molar-refractivity contribution is -0.160. The van der Waals surface area contributed by atoms with Crippen molar-refractivity contribution in [1.29, 1.82) is 0 Å². The molecule has 0 bridgehead atoms. The van der Waals surface area contributed by atoms with Gasteiger partial charge >= 0.3 is 5.97 Å². The highest BCUT2D eigenvalue weighted by Gasteiger charge is 2.64. The van der Waals surface area contributed by atoms with Gasteiger partial charge in [-0.2, -0.15) is 0 Å². The monoisotopic (exact) mass is 458 g/mol. The number of phenolic OH excluding ortho intramolecular Hbond substituents is 1. The molecule has 0 amide bonds. The van der Waals surface area contributed by atoms with Crippen molar-refractivity contribution >= 4 is 29.1 Å². The van der Waals surface area contributed by atoms with Crippen molar-refractivity contribution in [1.82, 2.24) is 0 Å². The number of Topliss-reactive ketones (excluding diaryl/α,β-unsaturated/α-hetero) is 3. The van der Waals surface area contributed by atoms with Crippen molar-refractivity contribution in [2.24, 2.45) is 11.8 Å². The van der Waals surface area contributed by atoms with Gasteiger partial charge in [-0.1, -0.05) is 13.0 Å². The molecule has 0 spiro atoms. The Kier molecular flexibility index (Phi) is 4.99. The summed E-state index contributed by atoms with van der Waals surface area (Å²) in [7, 11) is 1.10. The van der Waals surface area contributed by atoms with Crippen molar-refractivity contribution in [3.8, 4) is 5.75 Å². The van der Waals surface area contributed by atoms with Crippen molar-refractivity contribution in [2.45, 2.75) is 37.9 Å². The molecule has 3 aliphatic carbocycles.